The molecule has 0 atom stereocenters. The van der Waals surface area contributed by atoms with Crippen LogP contribution in [0.5, 0.6) is 0 Å². The fourth-order valence-corrected chi connectivity index (χ4v) is 4.80. The molecule has 5 nitrogen and oxygen atoms in total. The Hall–Kier alpha value is -2.99. The van der Waals surface area contributed by atoms with Crippen LogP contribution in [0, 0.1) is 6.92 Å². The lowest BCUT2D eigenvalue weighted by Gasteiger charge is -2.13. The molecule has 0 aliphatic heterocycles. The summed E-state index contributed by atoms with van der Waals surface area (Å²) < 4.78 is 0. The standard InChI is InChI=1S/C22H21N3O2S/c1-14-7-2-3-9-16(14)20(26)25-22-19(17-10-4-5-11-18(17)28-22)21(27)24-15-8-6-12-23-13-15/h2-3,6-9,12-13H,4-5,10-11H2,1H3,(H,24,27)(H,25,26). The van der Waals surface area contributed by atoms with Crippen molar-refractivity contribution >= 4 is 33.8 Å². The Morgan fingerprint density at radius 1 is 1.00 bits per heavy atom. The van der Waals surface area contributed by atoms with E-state index >= 15 is 0 Å². The minimum atomic E-state index is -0.201. The normalized spacial score (nSPS) is 12.9. The van der Waals surface area contributed by atoms with Crippen LogP contribution >= 0.6 is 11.3 Å². The van der Waals surface area contributed by atoms with Crippen molar-refractivity contribution in [3.63, 3.8) is 0 Å². The van der Waals surface area contributed by atoms with Gasteiger partial charge in [-0.1, -0.05) is 18.2 Å². The highest BCUT2D eigenvalue weighted by atomic mass is 32.1. The molecule has 0 bridgehead atoms. The molecule has 0 fully saturated rings. The van der Waals surface area contributed by atoms with Crippen LogP contribution in [0.15, 0.2) is 48.8 Å². The number of carbonyl (C=O) groups excluding carboxylic acids is 2. The number of pyridine rings is 1. The molecular weight excluding hydrogens is 370 g/mol. The quantitative estimate of drug-likeness (QED) is 0.669. The van der Waals surface area contributed by atoms with Crippen LogP contribution in [0.1, 0.15) is 49.6 Å². The molecule has 0 saturated heterocycles. The maximum Gasteiger partial charge on any atom is 0.259 e. The van der Waals surface area contributed by atoms with E-state index in [1.165, 1.54) is 16.2 Å². The van der Waals surface area contributed by atoms with E-state index in [9.17, 15) is 9.59 Å². The Labute approximate surface area is 167 Å². The number of benzene rings is 1. The SMILES string of the molecule is Cc1ccccc1C(=O)Nc1sc2c(c1C(=O)Nc1cccnc1)CCCC2. The number of aromatic nitrogens is 1. The number of carbonyl (C=O) groups is 2. The van der Waals surface area contributed by atoms with Crippen molar-refractivity contribution in [2.24, 2.45) is 0 Å². The third-order valence-corrected chi connectivity index (χ3v) is 6.14. The molecule has 0 spiro atoms. The van der Waals surface area contributed by atoms with Crippen LogP contribution in [0.25, 0.3) is 0 Å². The summed E-state index contributed by atoms with van der Waals surface area (Å²) in [6.45, 7) is 1.91. The molecule has 0 radical (unpaired) electrons. The third-order valence-electron chi connectivity index (χ3n) is 4.93. The van der Waals surface area contributed by atoms with Gasteiger partial charge in [-0.05, 0) is 61.9 Å². The number of nitrogens with zero attached hydrogens (tertiary/aromatic N) is 1. The van der Waals surface area contributed by atoms with Crippen molar-refractivity contribution in [3.05, 3.63) is 75.9 Å². The summed E-state index contributed by atoms with van der Waals surface area (Å²) in [4.78, 5) is 31.1. The summed E-state index contributed by atoms with van der Waals surface area (Å²) in [6.07, 6.45) is 7.26. The lowest BCUT2D eigenvalue weighted by Crippen LogP contribution is -2.19. The Balaban J connectivity index is 1.67. The van der Waals surface area contributed by atoms with Crippen LogP contribution in [-0.4, -0.2) is 16.8 Å². The predicted molar refractivity (Wildman–Crippen MR) is 112 cm³/mol. The maximum atomic E-state index is 13.1. The monoisotopic (exact) mass is 391 g/mol. The van der Waals surface area contributed by atoms with Crippen molar-refractivity contribution in [3.8, 4) is 0 Å². The summed E-state index contributed by atoms with van der Waals surface area (Å²) in [6, 6.07) is 11.0. The molecule has 1 aliphatic rings. The van der Waals surface area contributed by atoms with Gasteiger partial charge in [-0.3, -0.25) is 14.6 Å². The van der Waals surface area contributed by atoms with Gasteiger partial charge in [0.15, 0.2) is 0 Å². The highest BCUT2D eigenvalue weighted by Crippen LogP contribution is 2.38. The summed E-state index contributed by atoms with van der Waals surface area (Å²) in [7, 11) is 0. The molecule has 28 heavy (non-hydrogen) atoms. The third kappa shape index (κ3) is 3.68. The van der Waals surface area contributed by atoms with E-state index in [-0.39, 0.29) is 11.8 Å². The molecular formula is C22H21N3O2S. The van der Waals surface area contributed by atoms with Crippen LogP contribution in [0.4, 0.5) is 10.7 Å². The fourth-order valence-electron chi connectivity index (χ4n) is 3.52. The summed E-state index contributed by atoms with van der Waals surface area (Å²) in [5.74, 6) is -0.389. The first-order valence-corrected chi connectivity index (χ1v) is 10.2. The van der Waals surface area contributed by atoms with Gasteiger partial charge in [0.1, 0.15) is 5.00 Å². The van der Waals surface area contributed by atoms with Gasteiger partial charge in [0, 0.05) is 16.6 Å². The molecule has 142 valence electrons. The zero-order chi connectivity index (χ0) is 19.5. The number of amides is 2. The summed E-state index contributed by atoms with van der Waals surface area (Å²) in [5.41, 5.74) is 3.82. The minimum Gasteiger partial charge on any atom is -0.320 e. The zero-order valence-electron chi connectivity index (χ0n) is 15.6. The lowest BCUT2D eigenvalue weighted by atomic mass is 9.95. The number of rotatable bonds is 4. The largest absolute Gasteiger partial charge is 0.320 e. The van der Waals surface area contributed by atoms with Gasteiger partial charge in [-0.25, -0.2) is 0 Å². The number of fused-ring (bicyclic) bond motifs is 1. The second-order valence-electron chi connectivity index (χ2n) is 6.88. The topological polar surface area (TPSA) is 71.1 Å². The first kappa shape index (κ1) is 18.4. The highest BCUT2D eigenvalue weighted by molar-refractivity contribution is 7.17. The molecule has 4 rings (SSSR count). The number of hydrogen-bond acceptors (Lipinski definition) is 4. The molecule has 0 unspecified atom stereocenters. The molecule has 2 aromatic heterocycles. The average molecular weight is 391 g/mol. The van der Waals surface area contributed by atoms with Crippen LogP contribution in [0.2, 0.25) is 0 Å². The van der Waals surface area contributed by atoms with E-state index in [0.717, 1.165) is 36.8 Å². The molecule has 2 N–H and O–H groups in total. The first-order valence-electron chi connectivity index (χ1n) is 9.36. The van der Waals surface area contributed by atoms with Gasteiger partial charge in [0.25, 0.3) is 11.8 Å². The molecule has 6 heteroatoms. The predicted octanol–water partition coefficient (Wildman–Crippen LogP) is 4.83. The van der Waals surface area contributed by atoms with Crippen molar-refractivity contribution in [1.82, 2.24) is 4.98 Å². The van der Waals surface area contributed by atoms with Gasteiger partial charge >= 0.3 is 0 Å². The molecule has 3 aromatic rings. The fraction of sp³-hybridized carbons (Fsp3) is 0.227. The average Bonchev–Trinajstić information content (AvgIpc) is 3.07. The molecule has 1 aliphatic carbocycles. The Bertz CT molecular complexity index is 1030. The lowest BCUT2D eigenvalue weighted by molar-refractivity contribution is 0.102. The Kier molecular flexibility index (Phi) is 5.21. The van der Waals surface area contributed by atoms with Crippen molar-refractivity contribution in [2.45, 2.75) is 32.6 Å². The van der Waals surface area contributed by atoms with Crippen LogP contribution < -0.4 is 10.6 Å². The van der Waals surface area contributed by atoms with Gasteiger partial charge in [-0.15, -0.1) is 11.3 Å². The number of anilines is 2. The van der Waals surface area contributed by atoms with E-state index < -0.39 is 0 Å². The van der Waals surface area contributed by atoms with E-state index in [1.54, 1.807) is 30.6 Å². The van der Waals surface area contributed by atoms with E-state index in [1.807, 2.05) is 25.1 Å². The summed E-state index contributed by atoms with van der Waals surface area (Å²) in [5, 5.41) is 6.53. The van der Waals surface area contributed by atoms with Crippen molar-refractivity contribution in [1.29, 1.82) is 0 Å². The number of hydrogen-bond donors (Lipinski definition) is 2. The molecule has 2 heterocycles. The molecule has 0 saturated carbocycles. The maximum absolute atomic E-state index is 13.1. The zero-order valence-corrected chi connectivity index (χ0v) is 16.4. The summed E-state index contributed by atoms with van der Waals surface area (Å²) >= 11 is 1.52. The Morgan fingerprint density at radius 2 is 1.82 bits per heavy atom. The van der Waals surface area contributed by atoms with Crippen LogP contribution in [0.3, 0.4) is 0 Å². The smallest absolute Gasteiger partial charge is 0.259 e. The number of aryl methyl sites for hydroxylation is 2. The molecule has 1 aromatic carbocycles. The molecule has 2 amide bonds. The second-order valence-corrected chi connectivity index (χ2v) is 7.99. The number of thiophene rings is 1. The second kappa shape index (κ2) is 7.94. The Morgan fingerprint density at radius 3 is 2.61 bits per heavy atom. The van der Waals surface area contributed by atoms with Gasteiger partial charge < -0.3 is 10.6 Å². The van der Waals surface area contributed by atoms with Gasteiger partial charge in [-0.2, -0.15) is 0 Å². The van der Waals surface area contributed by atoms with Gasteiger partial charge in [0.05, 0.1) is 17.4 Å². The number of nitrogens with one attached hydrogen (secondary N) is 2. The van der Waals surface area contributed by atoms with E-state index in [0.29, 0.717) is 21.8 Å². The van der Waals surface area contributed by atoms with Crippen molar-refractivity contribution in [2.75, 3.05) is 10.6 Å². The van der Waals surface area contributed by atoms with Crippen LogP contribution in [-0.2, 0) is 12.8 Å². The highest BCUT2D eigenvalue weighted by Gasteiger charge is 2.27. The minimum absolute atomic E-state index is 0.188. The van der Waals surface area contributed by atoms with Gasteiger partial charge in [0.2, 0.25) is 0 Å². The van der Waals surface area contributed by atoms with E-state index in [4.69, 9.17) is 0 Å². The van der Waals surface area contributed by atoms with Crippen molar-refractivity contribution < 1.29 is 9.59 Å². The van der Waals surface area contributed by atoms with E-state index in [2.05, 4.69) is 15.6 Å². The first-order chi connectivity index (χ1) is 13.6.